The maximum absolute atomic E-state index is 10.5. The van der Waals surface area contributed by atoms with Crippen molar-refractivity contribution in [1.29, 1.82) is 0 Å². The first-order valence-electron chi connectivity index (χ1n) is 6.77. The zero-order chi connectivity index (χ0) is 12.9. The van der Waals surface area contributed by atoms with Crippen LogP contribution in [-0.2, 0) is 12.0 Å². The van der Waals surface area contributed by atoms with Crippen molar-refractivity contribution in [2.75, 3.05) is 0 Å². The molecule has 1 unspecified atom stereocenters. The van der Waals surface area contributed by atoms with Gasteiger partial charge in [0, 0.05) is 0 Å². The van der Waals surface area contributed by atoms with E-state index in [9.17, 15) is 5.11 Å². The van der Waals surface area contributed by atoms with Gasteiger partial charge in [-0.2, -0.15) is 0 Å². The zero-order valence-electron chi connectivity index (χ0n) is 11.7. The number of rotatable bonds is 6. The molecule has 0 heterocycles. The van der Waals surface area contributed by atoms with Crippen molar-refractivity contribution >= 4 is 0 Å². The Kier molecular flexibility index (Phi) is 5.20. The lowest BCUT2D eigenvalue weighted by atomic mass is 9.88. The molecule has 0 fully saturated rings. The molecule has 17 heavy (non-hydrogen) atoms. The molecule has 0 spiro atoms. The molecule has 1 aromatic carbocycles. The van der Waals surface area contributed by atoms with Gasteiger partial charge >= 0.3 is 0 Å². The third-order valence-electron chi connectivity index (χ3n) is 3.43. The molecule has 1 N–H and O–H groups in total. The summed E-state index contributed by atoms with van der Waals surface area (Å²) < 4.78 is 0. The molecule has 0 bridgehead atoms. The molecule has 0 amide bonds. The molecule has 1 nitrogen and oxygen atoms in total. The Bertz CT molecular complexity index is 322. The molecule has 1 rings (SSSR count). The first kappa shape index (κ1) is 14.2. The monoisotopic (exact) mass is 234 g/mol. The summed E-state index contributed by atoms with van der Waals surface area (Å²) >= 11 is 0. The Morgan fingerprint density at radius 2 is 1.76 bits per heavy atom. The standard InChI is InChI=1S/C16H26O/c1-5-14-8-10-15(11-9-14)16(4,17)12-6-7-13(2)3/h8-11,13,17H,5-7,12H2,1-4H3. The second-order valence-corrected chi connectivity index (χ2v) is 5.61. The van der Waals surface area contributed by atoms with Crippen LogP contribution in [0, 0.1) is 5.92 Å². The largest absolute Gasteiger partial charge is 0.385 e. The fraction of sp³-hybridized carbons (Fsp3) is 0.625. The molecule has 1 aromatic rings. The molecule has 0 aliphatic rings. The van der Waals surface area contributed by atoms with E-state index in [0.29, 0.717) is 5.92 Å². The molecule has 0 saturated carbocycles. The summed E-state index contributed by atoms with van der Waals surface area (Å²) in [4.78, 5) is 0. The van der Waals surface area contributed by atoms with Gasteiger partial charge in [-0.3, -0.25) is 0 Å². The minimum absolute atomic E-state index is 0.679. The normalized spacial score (nSPS) is 14.9. The van der Waals surface area contributed by atoms with Crippen LogP contribution in [0.2, 0.25) is 0 Å². The zero-order valence-corrected chi connectivity index (χ0v) is 11.7. The van der Waals surface area contributed by atoms with Crippen molar-refractivity contribution in [3.63, 3.8) is 0 Å². The van der Waals surface area contributed by atoms with Gasteiger partial charge in [-0.1, -0.05) is 51.5 Å². The van der Waals surface area contributed by atoms with Crippen molar-refractivity contribution in [2.45, 2.75) is 59.0 Å². The van der Waals surface area contributed by atoms with Crippen LogP contribution in [0.5, 0.6) is 0 Å². The quantitative estimate of drug-likeness (QED) is 0.778. The van der Waals surface area contributed by atoms with Crippen molar-refractivity contribution in [3.8, 4) is 0 Å². The van der Waals surface area contributed by atoms with Crippen LogP contribution in [-0.4, -0.2) is 5.11 Å². The highest BCUT2D eigenvalue weighted by atomic mass is 16.3. The van der Waals surface area contributed by atoms with Gasteiger partial charge in [0.1, 0.15) is 0 Å². The number of hydrogen-bond donors (Lipinski definition) is 1. The molecule has 0 aliphatic heterocycles. The lowest BCUT2D eigenvalue weighted by Crippen LogP contribution is -2.21. The van der Waals surface area contributed by atoms with Crippen LogP contribution in [0.4, 0.5) is 0 Å². The van der Waals surface area contributed by atoms with Gasteiger partial charge in [0.05, 0.1) is 5.60 Å². The van der Waals surface area contributed by atoms with Crippen molar-refractivity contribution in [3.05, 3.63) is 35.4 Å². The molecule has 0 aromatic heterocycles. The Morgan fingerprint density at radius 3 is 2.24 bits per heavy atom. The molecular formula is C16H26O. The maximum atomic E-state index is 10.5. The first-order chi connectivity index (χ1) is 7.95. The minimum Gasteiger partial charge on any atom is -0.385 e. The van der Waals surface area contributed by atoms with E-state index in [-0.39, 0.29) is 0 Å². The highest BCUT2D eigenvalue weighted by Gasteiger charge is 2.22. The lowest BCUT2D eigenvalue weighted by molar-refractivity contribution is 0.0441. The second-order valence-electron chi connectivity index (χ2n) is 5.61. The third kappa shape index (κ3) is 4.51. The van der Waals surface area contributed by atoms with Crippen LogP contribution >= 0.6 is 0 Å². The number of aryl methyl sites for hydroxylation is 1. The van der Waals surface area contributed by atoms with E-state index in [1.807, 2.05) is 6.92 Å². The molecule has 0 radical (unpaired) electrons. The summed E-state index contributed by atoms with van der Waals surface area (Å²) in [6, 6.07) is 8.36. The van der Waals surface area contributed by atoms with E-state index >= 15 is 0 Å². The summed E-state index contributed by atoms with van der Waals surface area (Å²) in [5, 5.41) is 10.5. The SMILES string of the molecule is CCc1ccc(C(C)(O)CCCC(C)C)cc1. The molecule has 0 saturated heterocycles. The predicted molar refractivity (Wildman–Crippen MR) is 74.1 cm³/mol. The average molecular weight is 234 g/mol. The van der Waals surface area contributed by atoms with Crippen molar-refractivity contribution in [1.82, 2.24) is 0 Å². The van der Waals surface area contributed by atoms with E-state index in [1.165, 1.54) is 12.0 Å². The Labute approximate surface area is 106 Å². The topological polar surface area (TPSA) is 20.2 Å². The van der Waals surface area contributed by atoms with Gasteiger partial charge < -0.3 is 5.11 Å². The Morgan fingerprint density at radius 1 is 1.18 bits per heavy atom. The fourth-order valence-corrected chi connectivity index (χ4v) is 2.10. The number of aliphatic hydroxyl groups is 1. The Hall–Kier alpha value is -0.820. The van der Waals surface area contributed by atoms with Crippen LogP contribution in [0.1, 0.15) is 58.1 Å². The highest BCUT2D eigenvalue weighted by molar-refractivity contribution is 5.26. The smallest absolute Gasteiger partial charge is 0.0868 e. The third-order valence-corrected chi connectivity index (χ3v) is 3.43. The fourth-order valence-electron chi connectivity index (χ4n) is 2.10. The van der Waals surface area contributed by atoms with Gasteiger partial charge in [-0.25, -0.2) is 0 Å². The highest BCUT2D eigenvalue weighted by Crippen LogP contribution is 2.27. The van der Waals surface area contributed by atoms with Gasteiger partial charge in [0.25, 0.3) is 0 Å². The van der Waals surface area contributed by atoms with Gasteiger partial charge in [0.2, 0.25) is 0 Å². The van der Waals surface area contributed by atoms with E-state index in [2.05, 4.69) is 45.0 Å². The summed E-state index contributed by atoms with van der Waals surface area (Å²) in [7, 11) is 0. The minimum atomic E-state index is -0.679. The average Bonchev–Trinajstić information content (AvgIpc) is 2.28. The molecule has 96 valence electrons. The van der Waals surface area contributed by atoms with E-state index in [0.717, 1.165) is 24.8 Å². The second kappa shape index (κ2) is 6.20. The summed E-state index contributed by atoms with van der Waals surface area (Å²) in [6.45, 7) is 8.53. The van der Waals surface area contributed by atoms with E-state index in [4.69, 9.17) is 0 Å². The van der Waals surface area contributed by atoms with E-state index in [1.54, 1.807) is 0 Å². The van der Waals surface area contributed by atoms with Crippen LogP contribution in [0.25, 0.3) is 0 Å². The molecule has 1 atom stereocenters. The summed E-state index contributed by atoms with van der Waals surface area (Å²) in [6.07, 6.45) is 4.16. The van der Waals surface area contributed by atoms with Gasteiger partial charge in [-0.05, 0) is 43.2 Å². The number of benzene rings is 1. The molecule has 1 heteroatoms. The van der Waals surface area contributed by atoms with Crippen molar-refractivity contribution < 1.29 is 5.11 Å². The summed E-state index contributed by atoms with van der Waals surface area (Å²) in [5.74, 6) is 0.716. The van der Waals surface area contributed by atoms with Crippen LogP contribution in [0.3, 0.4) is 0 Å². The van der Waals surface area contributed by atoms with Crippen molar-refractivity contribution in [2.24, 2.45) is 5.92 Å². The van der Waals surface area contributed by atoms with Gasteiger partial charge in [-0.15, -0.1) is 0 Å². The van der Waals surface area contributed by atoms with Crippen LogP contribution in [0.15, 0.2) is 24.3 Å². The summed E-state index contributed by atoms with van der Waals surface area (Å²) in [5.41, 5.74) is 1.69. The predicted octanol–water partition coefficient (Wildman–Crippen LogP) is 4.28. The first-order valence-corrected chi connectivity index (χ1v) is 6.77. The number of hydrogen-bond acceptors (Lipinski definition) is 1. The van der Waals surface area contributed by atoms with Crippen LogP contribution < -0.4 is 0 Å². The Balaban J connectivity index is 2.61. The van der Waals surface area contributed by atoms with E-state index < -0.39 is 5.60 Å². The lowest BCUT2D eigenvalue weighted by Gasteiger charge is -2.24. The maximum Gasteiger partial charge on any atom is 0.0868 e. The molecule has 0 aliphatic carbocycles. The molecular weight excluding hydrogens is 208 g/mol. The van der Waals surface area contributed by atoms with Gasteiger partial charge in [0.15, 0.2) is 0 Å².